The Kier molecular flexibility index (Phi) is 1.65. The Hall–Kier alpha value is -0.630. The first kappa shape index (κ1) is 7.48. The van der Waals surface area contributed by atoms with Crippen molar-refractivity contribution < 1.29 is 9.50 Å². The lowest BCUT2D eigenvalue weighted by Gasteiger charge is -2.25. The monoisotopic (exact) mass is 142 g/mol. The molecule has 1 N–H and O–H groups in total. The van der Waals surface area contributed by atoms with Gasteiger partial charge in [-0.3, -0.25) is 0 Å². The van der Waals surface area contributed by atoms with Crippen molar-refractivity contribution in [2.45, 2.75) is 19.7 Å². The number of hydrogen-bond donors (Lipinski definition) is 1. The molecule has 2 unspecified atom stereocenters. The summed E-state index contributed by atoms with van der Waals surface area (Å²) in [5.74, 6) is -2.56. The van der Waals surface area contributed by atoms with E-state index in [2.05, 4.69) is 0 Å². The lowest BCUT2D eigenvalue weighted by molar-refractivity contribution is -0.0752. The molecule has 1 aliphatic carbocycles. The molecular weight excluding hydrogens is 131 g/mol. The largest absolute Gasteiger partial charge is 0.358 e. The third-order valence-corrected chi connectivity index (χ3v) is 1.98. The van der Waals surface area contributed by atoms with Crippen LogP contribution in [-0.2, 0) is 0 Å². The van der Waals surface area contributed by atoms with Gasteiger partial charge in [-0.25, -0.2) is 4.39 Å². The van der Waals surface area contributed by atoms with Crippen molar-refractivity contribution >= 4 is 0 Å². The highest BCUT2D eigenvalue weighted by Gasteiger charge is 2.32. The second-order valence-electron chi connectivity index (χ2n) is 2.72. The van der Waals surface area contributed by atoms with Crippen LogP contribution in [0.15, 0.2) is 23.8 Å². The van der Waals surface area contributed by atoms with E-state index in [-0.39, 0.29) is 0 Å². The molecule has 1 aliphatic rings. The molecule has 0 heterocycles. The van der Waals surface area contributed by atoms with Gasteiger partial charge in [-0.2, -0.15) is 0 Å². The molecule has 0 aromatic rings. The Morgan fingerprint density at radius 1 is 1.70 bits per heavy atom. The molecule has 10 heavy (non-hydrogen) atoms. The molecule has 2 atom stereocenters. The van der Waals surface area contributed by atoms with Crippen molar-refractivity contribution in [3.63, 3.8) is 0 Å². The van der Waals surface area contributed by atoms with Crippen LogP contribution in [-0.4, -0.2) is 11.0 Å². The average molecular weight is 142 g/mol. The predicted octanol–water partition coefficient (Wildman–Crippen LogP) is 1.80. The van der Waals surface area contributed by atoms with Crippen LogP contribution in [0, 0.1) is 5.92 Å². The van der Waals surface area contributed by atoms with Gasteiger partial charge in [0.25, 0.3) is 0 Å². The molecule has 2 heteroatoms. The summed E-state index contributed by atoms with van der Waals surface area (Å²) in [6.07, 6.45) is 4.51. The molecule has 0 spiro atoms. The third kappa shape index (κ3) is 1.12. The van der Waals surface area contributed by atoms with Crippen molar-refractivity contribution in [2.75, 3.05) is 0 Å². The minimum absolute atomic E-state index is 0.419. The van der Waals surface area contributed by atoms with Gasteiger partial charge in [0.15, 0.2) is 0 Å². The SMILES string of the molecule is CC1=CC=CC(O)(F)C1C. The summed E-state index contributed by atoms with van der Waals surface area (Å²) in [7, 11) is 0. The summed E-state index contributed by atoms with van der Waals surface area (Å²) in [6, 6.07) is 0. The van der Waals surface area contributed by atoms with E-state index in [1.807, 2.05) is 0 Å². The maximum Gasteiger partial charge on any atom is 0.232 e. The second-order valence-corrected chi connectivity index (χ2v) is 2.72. The molecular formula is C8H11FO. The van der Waals surface area contributed by atoms with Crippen LogP contribution in [0.25, 0.3) is 0 Å². The number of allylic oxidation sites excluding steroid dienone is 2. The number of aliphatic hydroxyl groups is 1. The molecule has 56 valence electrons. The first-order valence-electron chi connectivity index (χ1n) is 3.31. The topological polar surface area (TPSA) is 20.2 Å². The summed E-state index contributed by atoms with van der Waals surface area (Å²) in [5, 5.41) is 9.02. The van der Waals surface area contributed by atoms with Crippen LogP contribution in [0.5, 0.6) is 0 Å². The fourth-order valence-electron chi connectivity index (χ4n) is 0.943. The zero-order valence-electron chi connectivity index (χ0n) is 6.13. The number of alkyl halides is 1. The van der Waals surface area contributed by atoms with Gasteiger partial charge in [-0.15, -0.1) is 0 Å². The molecule has 0 radical (unpaired) electrons. The summed E-state index contributed by atoms with van der Waals surface area (Å²) in [6.45, 7) is 3.47. The summed E-state index contributed by atoms with van der Waals surface area (Å²) in [5.41, 5.74) is 0.868. The van der Waals surface area contributed by atoms with Crippen molar-refractivity contribution in [3.8, 4) is 0 Å². The Labute approximate surface area is 59.9 Å². The highest BCUT2D eigenvalue weighted by molar-refractivity contribution is 5.24. The van der Waals surface area contributed by atoms with Crippen LogP contribution in [0.2, 0.25) is 0 Å². The second kappa shape index (κ2) is 2.20. The molecule has 0 saturated carbocycles. The summed E-state index contributed by atoms with van der Waals surface area (Å²) >= 11 is 0. The maximum absolute atomic E-state index is 12.9. The Morgan fingerprint density at radius 3 is 2.70 bits per heavy atom. The number of rotatable bonds is 0. The highest BCUT2D eigenvalue weighted by Crippen LogP contribution is 2.30. The van der Waals surface area contributed by atoms with E-state index in [9.17, 15) is 4.39 Å². The van der Waals surface area contributed by atoms with Crippen LogP contribution < -0.4 is 0 Å². The Morgan fingerprint density at radius 2 is 2.30 bits per heavy atom. The van der Waals surface area contributed by atoms with Gasteiger partial charge in [0.05, 0.1) is 0 Å². The predicted molar refractivity (Wildman–Crippen MR) is 38.1 cm³/mol. The van der Waals surface area contributed by atoms with Crippen LogP contribution in [0.1, 0.15) is 13.8 Å². The maximum atomic E-state index is 12.9. The van der Waals surface area contributed by atoms with Gasteiger partial charge in [-0.05, 0) is 13.0 Å². The van der Waals surface area contributed by atoms with Crippen molar-refractivity contribution in [3.05, 3.63) is 23.8 Å². The van der Waals surface area contributed by atoms with Gasteiger partial charge < -0.3 is 5.11 Å². The molecule has 0 aliphatic heterocycles. The van der Waals surface area contributed by atoms with Crippen molar-refractivity contribution in [1.29, 1.82) is 0 Å². The van der Waals surface area contributed by atoms with Gasteiger partial charge in [0.2, 0.25) is 5.85 Å². The van der Waals surface area contributed by atoms with Crippen LogP contribution in [0.4, 0.5) is 4.39 Å². The zero-order valence-corrected chi connectivity index (χ0v) is 6.13. The average Bonchev–Trinajstić information content (AvgIpc) is 1.83. The number of hydrogen-bond acceptors (Lipinski definition) is 1. The van der Waals surface area contributed by atoms with Gasteiger partial charge in [0, 0.05) is 5.92 Å². The van der Waals surface area contributed by atoms with E-state index in [0.717, 1.165) is 5.57 Å². The fraction of sp³-hybridized carbons (Fsp3) is 0.500. The molecule has 0 fully saturated rings. The first-order chi connectivity index (χ1) is 4.54. The summed E-state index contributed by atoms with van der Waals surface area (Å²) in [4.78, 5) is 0. The van der Waals surface area contributed by atoms with E-state index in [1.165, 1.54) is 12.2 Å². The molecule has 0 aromatic heterocycles. The third-order valence-electron chi connectivity index (χ3n) is 1.98. The van der Waals surface area contributed by atoms with E-state index >= 15 is 0 Å². The molecule has 0 saturated heterocycles. The molecule has 0 bridgehead atoms. The minimum atomic E-state index is -2.14. The smallest absolute Gasteiger partial charge is 0.232 e. The lowest BCUT2D eigenvalue weighted by Crippen LogP contribution is -2.30. The van der Waals surface area contributed by atoms with Gasteiger partial charge in [-0.1, -0.05) is 24.6 Å². The Balaban J connectivity index is 2.89. The summed E-state index contributed by atoms with van der Waals surface area (Å²) < 4.78 is 12.9. The van der Waals surface area contributed by atoms with Crippen LogP contribution >= 0.6 is 0 Å². The highest BCUT2D eigenvalue weighted by atomic mass is 19.2. The first-order valence-corrected chi connectivity index (χ1v) is 3.31. The molecule has 0 aromatic carbocycles. The van der Waals surface area contributed by atoms with E-state index in [0.29, 0.717) is 0 Å². The zero-order chi connectivity index (χ0) is 7.78. The number of halogens is 1. The van der Waals surface area contributed by atoms with Crippen molar-refractivity contribution in [2.24, 2.45) is 5.92 Å². The molecule has 0 amide bonds. The van der Waals surface area contributed by atoms with E-state index < -0.39 is 11.8 Å². The Bertz CT molecular complexity index is 191. The van der Waals surface area contributed by atoms with Gasteiger partial charge in [0.1, 0.15) is 0 Å². The van der Waals surface area contributed by atoms with Crippen molar-refractivity contribution in [1.82, 2.24) is 0 Å². The van der Waals surface area contributed by atoms with Crippen LogP contribution in [0.3, 0.4) is 0 Å². The van der Waals surface area contributed by atoms with Gasteiger partial charge >= 0.3 is 0 Å². The van der Waals surface area contributed by atoms with E-state index in [4.69, 9.17) is 5.11 Å². The lowest BCUT2D eigenvalue weighted by atomic mass is 9.90. The molecule has 1 rings (SSSR count). The molecule has 1 nitrogen and oxygen atoms in total. The fourth-order valence-corrected chi connectivity index (χ4v) is 0.943. The standard InChI is InChI=1S/C8H11FO/c1-6-4-3-5-8(9,10)7(6)2/h3-5,7,10H,1-2H3. The van der Waals surface area contributed by atoms with E-state index in [1.54, 1.807) is 19.9 Å². The quantitative estimate of drug-likeness (QED) is 0.546. The minimum Gasteiger partial charge on any atom is -0.358 e. The normalized spacial score (nSPS) is 39.6.